The Labute approximate surface area is 130 Å². The van der Waals surface area contributed by atoms with Gasteiger partial charge in [0.1, 0.15) is 0 Å². The summed E-state index contributed by atoms with van der Waals surface area (Å²) >= 11 is 6.02. The van der Waals surface area contributed by atoms with Gasteiger partial charge in [-0.05, 0) is 38.0 Å². The molecule has 1 aromatic carbocycles. The van der Waals surface area contributed by atoms with Crippen molar-refractivity contribution in [2.24, 2.45) is 0 Å². The highest BCUT2D eigenvalue weighted by atomic mass is 35.5. The molecule has 6 heteroatoms. The van der Waals surface area contributed by atoms with Crippen LogP contribution in [0.5, 0.6) is 0 Å². The normalized spacial score (nSPS) is 13.8. The van der Waals surface area contributed by atoms with Crippen molar-refractivity contribution in [2.75, 3.05) is 32.2 Å². The van der Waals surface area contributed by atoms with Gasteiger partial charge in [0.25, 0.3) is 0 Å². The van der Waals surface area contributed by atoms with E-state index < -0.39 is 5.54 Å². The summed E-state index contributed by atoms with van der Waals surface area (Å²) in [6, 6.07) is 5.38. The van der Waals surface area contributed by atoms with Gasteiger partial charge >= 0.3 is 0 Å². The maximum absolute atomic E-state index is 11.9. The zero-order valence-electron chi connectivity index (χ0n) is 12.7. The average molecular weight is 315 g/mol. The van der Waals surface area contributed by atoms with Crippen LogP contribution in [-0.4, -0.2) is 43.4 Å². The summed E-state index contributed by atoms with van der Waals surface area (Å²) < 4.78 is 5.12. The smallest absolute Gasteiger partial charge is 0.238 e. The number of amides is 1. The Bertz CT molecular complexity index is 474. The molecule has 0 saturated carbocycles. The number of aliphatic hydroxyl groups excluding tert-OH is 1. The Hall–Kier alpha value is -1.14. The standard InChI is InChI=1S/C15H23ClN2O3/c1-11-4-5-12(8-13(11)16)18-14(20)9-17-15(2,6-7-19)10-21-3/h4-5,8,17,19H,6-7,9-10H2,1-3H3,(H,18,20). The van der Waals surface area contributed by atoms with Crippen LogP contribution in [-0.2, 0) is 9.53 Å². The molecule has 0 aliphatic rings. The fourth-order valence-electron chi connectivity index (χ4n) is 1.95. The molecule has 0 aromatic heterocycles. The summed E-state index contributed by atoms with van der Waals surface area (Å²) in [5.74, 6) is -0.171. The zero-order valence-corrected chi connectivity index (χ0v) is 13.5. The van der Waals surface area contributed by atoms with Crippen molar-refractivity contribution in [1.82, 2.24) is 5.32 Å². The molecule has 1 atom stereocenters. The van der Waals surface area contributed by atoms with Crippen LogP contribution in [0.3, 0.4) is 0 Å². The third kappa shape index (κ3) is 6.01. The number of benzene rings is 1. The summed E-state index contributed by atoms with van der Waals surface area (Å²) in [6.45, 7) is 4.38. The van der Waals surface area contributed by atoms with Gasteiger partial charge in [-0.1, -0.05) is 17.7 Å². The third-order valence-electron chi connectivity index (χ3n) is 3.26. The molecule has 0 aliphatic carbocycles. The van der Waals surface area contributed by atoms with E-state index in [4.69, 9.17) is 21.4 Å². The first-order valence-corrected chi connectivity index (χ1v) is 7.19. The number of nitrogens with one attached hydrogen (secondary N) is 2. The number of aliphatic hydroxyl groups is 1. The minimum atomic E-state index is -0.439. The monoisotopic (exact) mass is 314 g/mol. The molecule has 0 aliphatic heterocycles. The molecule has 118 valence electrons. The number of carbonyl (C=O) groups excluding carboxylic acids is 1. The molecule has 1 amide bonds. The number of halogens is 1. The first-order chi connectivity index (χ1) is 9.90. The van der Waals surface area contributed by atoms with E-state index in [9.17, 15) is 4.79 Å². The van der Waals surface area contributed by atoms with E-state index in [0.29, 0.717) is 23.7 Å². The zero-order chi connectivity index (χ0) is 15.9. The second-order valence-electron chi connectivity index (χ2n) is 5.33. The van der Waals surface area contributed by atoms with E-state index >= 15 is 0 Å². The molecule has 0 saturated heterocycles. The van der Waals surface area contributed by atoms with Gasteiger partial charge in [0, 0.05) is 30.0 Å². The quantitative estimate of drug-likeness (QED) is 0.686. The van der Waals surface area contributed by atoms with E-state index in [0.717, 1.165) is 5.56 Å². The van der Waals surface area contributed by atoms with E-state index in [-0.39, 0.29) is 19.1 Å². The Morgan fingerprint density at radius 1 is 1.48 bits per heavy atom. The lowest BCUT2D eigenvalue weighted by Crippen LogP contribution is -2.49. The molecule has 5 nitrogen and oxygen atoms in total. The number of anilines is 1. The lowest BCUT2D eigenvalue weighted by molar-refractivity contribution is -0.115. The van der Waals surface area contributed by atoms with Crippen molar-refractivity contribution in [3.8, 4) is 0 Å². The highest BCUT2D eigenvalue weighted by molar-refractivity contribution is 6.31. The molecule has 0 fully saturated rings. The van der Waals surface area contributed by atoms with Gasteiger partial charge in [0.15, 0.2) is 0 Å². The van der Waals surface area contributed by atoms with Crippen LogP contribution in [0.4, 0.5) is 5.69 Å². The van der Waals surface area contributed by atoms with E-state index in [1.54, 1.807) is 19.2 Å². The Balaban J connectivity index is 2.54. The Morgan fingerprint density at radius 2 is 2.19 bits per heavy atom. The molecule has 1 unspecified atom stereocenters. The fourth-order valence-corrected chi connectivity index (χ4v) is 2.13. The summed E-state index contributed by atoms with van der Waals surface area (Å²) in [5.41, 5.74) is 1.18. The molecule has 0 heterocycles. The van der Waals surface area contributed by atoms with Crippen LogP contribution in [0.1, 0.15) is 18.9 Å². The minimum absolute atomic E-state index is 0.0298. The Kier molecular flexibility index (Phi) is 7.11. The van der Waals surface area contributed by atoms with Gasteiger partial charge in [0.05, 0.1) is 13.2 Å². The molecular weight excluding hydrogens is 292 g/mol. The molecule has 3 N–H and O–H groups in total. The molecular formula is C15H23ClN2O3. The topological polar surface area (TPSA) is 70.6 Å². The highest BCUT2D eigenvalue weighted by Gasteiger charge is 2.23. The van der Waals surface area contributed by atoms with Crippen LogP contribution < -0.4 is 10.6 Å². The van der Waals surface area contributed by atoms with Gasteiger partial charge in [-0.15, -0.1) is 0 Å². The molecule has 0 radical (unpaired) electrons. The number of hydrogen-bond donors (Lipinski definition) is 3. The van der Waals surface area contributed by atoms with Gasteiger partial charge < -0.3 is 20.5 Å². The van der Waals surface area contributed by atoms with Gasteiger partial charge in [0.2, 0.25) is 5.91 Å². The van der Waals surface area contributed by atoms with Crippen molar-refractivity contribution in [1.29, 1.82) is 0 Å². The van der Waals surface area contributed by atoms with Gasteiger partial charge in [-0.2, -0.15) is 0 Å². The van der Waals surface area contributed by atoms with E-state index in [2.05, 4.69) is 10.6 Å². The van der Waals surface area contributed by atoms with Crippen LogP contribution in [0.25, 0.3) is 0 Å². The number of carbonyl (C=O) groups is 1. The first kappa shape index (κ1) is 17.9. The van der Waals surface area contributed by atoms with Crippen LogP contribution >= 0.6 is 11.6 Å². The summed E-state index contributed by atoms with van der Waals surface area (Å²) in [5, 5.41) is 15.6. The highest BCUT2D eigenvalue weighted by Crippen LogP contribution is 2.19. The maximum Gasteiger partial charge on any atom is 0.238 e. The predicted molar refractivity (Wildman–Crippen MR) is 84.8 cm³/mol. The minimum Gasteiger partial charge on any atom is -0.396 e. The summed E-state index contributed by atoms with van der Waals surface area (Å²) in [6.07, 6.45) is 0.504. The van der Waals surface area contributed by atoms with Crippen molar-refractivity contribution >= 4 is 23.2 Å². The molecule has 1 aromatic rings. The largest absolute Gasteiger partial charge is 0.396 e. The molecule has 0 spiro atoms. The van der Waals surface area contributed by atoms with Gasteiger partial charge in [-0.3, -0.25) is 4.79 Å². The van der Waals surface area contributed by atoms with Gasteiger partial charge in [-0.25, -0.2) is 0 Å². The van der Waals surface area contributed by atoms with E-state index in [1.807, 2.05) is 19.9 Å². The second-order valence-corrected chi connectivity index (χ2v) is 5.74. The molecule has 1 rings (SSSR count). The second kappa shape index (κ2) is 8.34. The number of methoxy groups -OCH3 is 1. The summed E-state index contributed by atoms with van der Waals surface area (Å²) in [7, 11) is 1.59. The first-order valence-electron chi connectivity index (χ1n) is 6.81. The number of ether oxygens (including phenoxy) is 1. The maximum atomic E-state index is 11.9. The number of rotatable bonds is 8. The lowest BCUT2D eigenvalue weighted by atomic mass is 9.99. The Morgan fingerprint density at radius 3 is 2.76 bits per heavy atom. The molecule has 0 bridgehead atoms. The summed E-state index contributed by atoms with van der Waals surface area (Å²) in [4.78, 5) is 11.9. The van der Waals surface area contributed by atoms with Crippen LogP contribution in [0, 0.1) is 6.92 Å². The SMILES string of the molecule is COCC(C)(CCO)NCC(=O)Nc1ccc(C)c(Cl)c1. The van der Waals surface area contributed by atoms with Crippen molar-refractivity contribution < 1.29 is 14.6 Å². The van der Waals surface area contributed by atoms with Crippen molar-refractivity contribution in [3.05, 3.63) is 28.8 Å². The van der Waals surface area contributed by atoms with Crippen molar-refractivity contribution in [2.45, 2.75) is 25.8 Å². The van der Waals surface area contributed by atoms with Crippen LogP contribution in [0.15, 0.2) is 18.2 Å². The number of aryl methyl sites for hydroxylation is 1. The van der Waals surface area contributed by atoms with Crippen LogP contribution in [0.2, 0.25) is 5.02 Å². The lowest BCUT2D eigenvalue weighted by Gasteiger charge is -2.29. The average Bonchev–Trinajstić information content (AvgIpc) is 2.41. The fraction of sp³-hybridized carbons (Fsp3) is 0.533. The number of hydrogen-bond acceptors (Lipinski definition) is 4. The van der Waals surface area contributed by atoms with E-state index in [1.165, 1.54) is 0 Å². The molecule has 21 heavy (non-hydrogen) atoms. The third-order valence-corrected chi connectivity index (χ3v) is 3.66. The van der Waals surface area contributed by atoms with Crippen molar-refractivity contribution in [3.63, 3.8) is 0 Å². The predicted octanol–water partition coefficient (Wildman–Crippen LogP) is 1.96.